The van der Waals surface area contributed by atoms with E-state index >= 15 is 0 Å². The van der Waals surface area contributed by atoms with E-state index in [1.807, 2.05) is 29.6 Å². The summed E-state index contributed by atoms with van der Waals surface area (Å²) >= 11 is 1.33. The molecule has 0 fully saturated rings. The van der Waals surface area contributed by atoms with Crippen molar-refractivity contribution < 1.29 is 13.9 Å². The van der Waals surface area contributed by atoms with E-state index in [0.717, 1.165) is 16.9 Å². The third-order valence-corrected chi connectivity index (χ3v) is 4.57. The molecule has 0 bridgehead atoms. The molecule has 0 aliphatic carbocycles. The van der Waals surface area contributed by atoms with Gasteiger partial charge in [0.2, 0.25) is 0 Å². The maximum atomic E-state index is 13.0. The van der Waals surface area contributed by atoms with Crippen LogP contribution < -0.4 is 10.1 Å². The molecule has 120 valence electrons. The number of para-hydroxylation sites is 1. The van der Waals surface area contributed by atoms with E-state index in [2.05, 4.69) is 10.3 Å². The van der Waals surface area contributed by atoms with E-state index in [0.29, 0.717) is 17.2 Å². The maximum Gasteiger partial charge on any atom is 0.267 e. The minimum Gasteiger partial charge on any atom is -0.480 e. The first kappa shape index (κ1) is 14.8. The minimum absolute atomic E-state index is 0.216. The molecule has 2 aromatic carbocycles. The number of halogens is 1. The van der Waals surface area contributed by atoms with Crippen molar-refractivity contribution in [1.29, 1.82) is 0 Å². The van der Waals surface area contributed by atoms with Crippen LogP contribution in [-0.2, 0) is 11.2 Å². The number of aromatic nitrogens is 1. The smallest absolute Gasteiger partial charge is 0.267 e. The molecule has 1 aliphatic heterocycles. The number of carbonyl (C=O) groups excluding carboxylic acids is 1. The molecule has 1 aliphatic rings. The van der Waals surface area contributed by atoms with Crippen molar-refractivity contribution >= 4 is 22.4 Å². The highest BCUT2D eigenvalue weighted by molar-refractivity contribution is 7.14. The second kappa shape index (κ2) is 6.05. The number of ether oxygens (including phenoxy) is 1. The van der Waals surface area contributed by atoms with Crippen LogP contribution in [0, 0.1) is 5.82 Å². The molecular formula is C18H13FN2O2S. The minimum atomic E-state index is -0.541. The number of amides is 1. The number of fused-ring (bicyclic) bond motifs is 1. The fourth-order valence-electron chi connectivity index (χ4n) is 2.60. The summed E-state index contributed by atoms with van der Waals surface area (Å²) in [5, 5.41) is 5.12. The summed E-state index contributed by atoms with van der Waals surface area (Å²) in [7, 11) is 0. The molecule has 0 saturated carbocycles. The molecule has 1 amide bonds. The van der Waals surface area contributed by atoms with Gasteiger partial charge in [0.05, 0.1) is 5.69 Å². The first-order valence-corrected chi connectivity index (χ1v) is 8.34. The van der Waals surface area contributed by atoms with Gasteiger partial charge in [-0.15, -0.1) is 11.3 Å². The van der Waals surface area contributed by atoms with Crippen LogP contribution in [0.2, 0.25) is 0 Å². The lowest BCUT2D eigenvalue weighted by Gasteiger charge is -2.09. The molecule has 6 heteroatoms. The van der Waals surface area contributed by atoms with Crippen LogP contribution in [0.25, 0.3) is 11.3 Å². The summed E-state index contributed by atoms with van der Waals surface area (Å²) < 4.78 is 18.6. The molecule has 24 heavy (non-hydrogen) atoms. The highest BCUT2D eigenvalue weighted by atomic mass is 32.1. The second-order valence-electron chi connectivity index (χ2n) is 5.45. The highest BCUT2D eigenvalue weighted by Gasteiger charge is 2.29. The monoisotopic (exact) mass is 340 g/mol. The summed E-state index contributed by atoms with van der Waals surface area (Å²) in [6, 6.07) is 13.7. The lowest BCUT2D eigenvalue weighted by atomic mass is 10.1. The zero-order chi connectivity index (χ0) is 16.5. The van der Waals surface area contributed by atoms with E-state index in [9.17, 15) is 9.18 Å². The summed E-state index contributed by atoms with van der Waals surface area (Å²) in [6.45, 7) is 0. The van der Waals surface area contributed by atoms with Crippen LogP contribution in [0.15, 0.2) is 53.9 Å². The third kappa shape index (κ3) is 2.88. The molecule has 2 heterocycles. The first-order chi connectivity index (χ1) is 11.7. The number of benzene rings is 2. The Morgan fingerprint density at radius 2 is 2.00 bits per heavy atom. The second-order valence-corrected chi connectivity index (χ2v) is 6.31. The predicted octanol–water partition coefficient (Wildman–Crippen LogP) is 3.89. The Morgan fingerprint density at radius 1 is 1.21 bits per heavy atom. The zero-order valence-corrected chi connectivity index (χ0v) is 13.3. The van der Waals surface area contributed by atoms with Crippen molar-refractivity contribution in [3.8, 4) is 17.0 Å². The molecule has 0 radical (unpaired) electrons. The van der Waals surface area contributed by atoms with Gasteiger partial charge in [-0.25, -0.2) is 9.37 Å². The molecular weight excluding hydrogens is 327 g/mol. The van der Waals surface area contributed by atoms with Gasteiger partial charge in [0.25, 0.3) is 5.91 Å². The Hall–Kier alpha value is -2.73. The molecule has 0 saturated heterocycles. The number of anilines is 1. The largest absolute Gasteiger partial charge is 0.480 e. The zero-order valence-electron chi connectivity index (χ0n) is 12.5. The summed E-state index contributed by atoms with van der Waals surface area (Å²) in [5.74, 6) is 0.246. The van der Waals surface area contributed by atoms with E-state index in [-0.39, 0.29) is 11.7 Å². The van der Waals surface area contributed by atoms with Gasteiger partial charge < -0.3 is 4.74 Å². The van der Waals surface area contributed by atoms with E-state index in [4.69, 9.17) is 4.74 Å². The Kier molecular flexibility index (Phi) is 3.74. The number of thiazole rings is 1. The number of hydrogen-bond acceptors (Lipinski definition) is 4. The van der Waals surface area contributed by atoms with Crippen LogP contribution in [0.3, 0.4) is 0 Å². The number of nitrogens with zero attached hydrogens (tertiary/aromatic N) is 1. The SMILES string of the molecule is O=C(Nc1nc(-c2ccc(F)cc2)cs1)C1Cc2ccccc2O1. The highest BCUT2D eigenvalue weighted by Crippen LogP contribution is 2.29. The molecule has 4 nitrogen and oxygen atoms in total. The summed E-state index contributed by atoms with van der Waals surface area (Å²) in [4.78, 5) is 16.7. The van der Waals surface area contributed by atoms with Gasteiger partial charge >= 0.3 is 0 Å². The van der Waals surface area contributed by atoms with Crippen LogP contribution in [0.5, 0.6) is 5.75 Å². The van der Waals surface area contributed by atoms with Crippen molar-refractivity contribution in [1.82, 2.24) is 4.98 Å². The summed E-state index contributed by atoms with van der Waals surface area (Å²) in [5.41, 5.74) is 2.53. The standard InChI is InChI=1S/C18H13FN2O2S/c19-13-7-5-11(6-8-13)14-10-24-18(20-14)21-17(22)16-9-12-3-1-2-4-15(12)23-16/h1-8,10,16H,9H2,(H,20,21,22). The number of carbonyl (C=O) groups is 1. The van der Waals surface area contributed by atoms with Crippen molar-refractivity contribution in [2.45, 2.75) is 12.5 Å². The molecule has 1 aromatic heterocycles. The summed E-state index contributed by atoms with van der Waals surface area (Å²) in [6.07, 6.45) is 0.0126. The number of nitrogens with one attached hydrogen (secondary N) is 1. The Morgan fingerprint density at radius 3 is 2.79 bits per heavy atom. The molecule has 0 spiro atoms. The van der Waals surface area contributed by atoms with Crippen LogP contribution in [-0.4, -0.2) is 17.0 Å². The van der Waals surface area contributed by atoms with E-state index in [1.54, 1.807) is 12.1 Å². The van der Waals surface area contributed by atoms with Crippen molar-refractivity contribution in [2.75, 3.05) is 5.32 Å². The fourth-order valence-corrected chi connectivity index (χ4v) is 3.32. The molecule has 1 N–H and O–H groups in total. The molecule has 4 rings (SSSR count). The van der Waals surface area contributed by atoms with Crippen molar-refractivity contribution in [2.24, 2.45) is 0 Å². The lowest BCUT2D eigenvalue weighted by Crippen LogP contribution is -2.31. The van der Waals surface area contributed by atoms with E-state index < -0.39 is 6.10 Å². The van der Waals surface area contributed by atoms with E-state index in [1.165, 1.54) is 23.5 Å². The first-order valence-electron chi connectivity index (χ1n) is 7.46. The Bertz CT molecular complexity index is 867. The molecule has 1 atom stereocenters. The van der Waals surface area contributed by atoms with Crippen molar-refractivity contribution in [3.05, 3.63) is 65.3 Å². The van der Waals surface area contributed by atoms with Gasteiger partial charge in [-0.1, -0.05) is 18.2 Å². The fraction of sp³-hybridized carbons (Fsp3) is 0.111. The Balaban J connectivity index is 1.45. The molecule has 3 aromatic rings. The quantitative estimate of drug-likeness (QED) is 0.787. The van der Waals surface area contributed by atoms with Gasteiger partial charge in [0.15, 0.2) is 11.2 Å². The van der Waals surface area contributed by atoms with Crippen molar-refractivity contribution in [3.63, 3.8) is 0 Å². The topological polar surface area (TPSA) is 51.2 Å². The average molecular weight is 340 g/mol. The number of hydrogen-bond donors (Lipinski definition) is 1. The lowest BCUT2D eigenvalue weighted by molar-refractivity contribution is -0.122. The number of rotatable bonds is 3. The average Bonchev–Trinajstić information content (AvgIpc) is 3.22. The molecule has 1 unspecified atom stereocenters. The van der Waals surface area contributed by atoms with Gasteiger partial charge in [-0.05, 0) is 35.9 Å². The maximum absolute atomic E-state index is 13.0. The van der Waals surface area contributed by atoms with Gasteiger partial charge in [0, 0.05) is 17.4 Å². The predicted molar refractivity (Wildman–Crippen MR) is 90.7 cm³/mol. The third-order valence-electron chi connectivity index (χ3n) is 3.81. The van der Waals surface area contributed by atoms with Gasteiger partial charge in [0.1, 0.15) is 11.6 Å². The van der Waals surface area contributed by atoms with Crippen LogP contribution in [0.1, 0.15) is 5.56 Å². The van der Waals surface area contributed by atoms with Crippen LogP contribution >= 0.6 is 11.3 Å². The van der Waals surface area contributed by atoms with Crippen LogP contribution in [0.4, 0.5) is 9.52 Å². The van der Waals surface area contributed by atoms with Gasteiger partial charge in [-0.3, -0.25) is 10.1 Å². The Labute approximate surface area is 141 Å². The normalized spacial score (nSPS) is 15.6. The van der Waals surface area contributed by atoms with Gasteiger partial charge in [-0.2, -0.15) is 0 Å².